The zero-order valence-electron chi connectivity index (χ0n) is 11.5. The lowest BCUT2D eigenvalue weighted by molar-refractivity contribution is 0.0276. The van der Waals surface area contributed by atoms with Crippen molar-refractivity contribution in [3.63, 3.8) is 0 Å². The fraction of sp³-hybridized carbons (Fsp3) is 0.357. The van der Waals surface area contributed by atoms with Gasteiger partial charge in [0.05, 0.1) is 19.9 Å². The number of hydrogen-bond donors (Lipinski definition) is 2. The molecule has 1 unspecified atom stereocenters. The van der Waals surface area contributed by atoms with Gasteiger partial charge in [0.25, 0.3) is 0 Å². The summed E-state index contributed by atoms with van der Waals surface area (Å²) in [7, 11) is 1.61. The second-order valence-electron chi connectivity index (χ2n) is 4.19. The molecule has 108 valence electrons. The summed E-state index contributed by atoms with van der Waals surface area (Å²) in [6, 6.07) is 7.56. The number of benzene rings is 1. The largest absolute Gasteiger partial charge is 0.497 e. The number of methoxy groups -OCH3 is 1. The van der Waals surface area contributed by atoms with E-state index in [-0.39, 0.29) is 0 Å². The molecule has 0 radical (unpaired) electrons. The Balaban J connectivity index is 1.90. The zero-order valence-corrected chi connectivity index (χ0v) is 11.5. The van der Waals surface area contributed by atoms with Gasteiger partial charge in [-0.25, -0.2) is 9.38 Å². The molecule has 6 heteroatoms. The highest BCUT2D eigenvalue weighted by molar-refractivity contribution is 5.77. The molecule has 0 saturated heterocycles. The van der Waals surface area contributed by atoms with E-state index in [1.165, 1.54) is 0 Å². The number of nitrogens with one attached hydrogen (secondary N) is 2. The van der Waals surface area contributed by atoms with Crippen molar-refractivity contribution in [2.24, 2.45) is 4.99 Å². The van der Waals surface area contributed by atoms with Crippen LogP contribution in [-0.4, -0.2) is 26.2 Å². The molecule has 1 aliphatic heterocycles. The Morgan fingerprint density at radius 3 is 3.05 bits per heavy atom. The van der Waals surface area contributed by atoms with E-state index in [0.29, 0.717) is 19.0 Å². The van der Waals surface area contributed by atoms with Crippen molar-refractivity contribution >= 4 is 6.21 Å². The topological polar surface area (TPSA) is 54.9 Å². The number of nitrogens with zero attached hydrogens (tertiary/aromatic N) is 1. The standard InChI is InChI=1S/C14H18FN3O2/c1-3-16-13-12(15)8-17-14(18-13)20-9-10-5-4-6-11(7-10)19-2/h4-8,14,16,18H,3,9H2,1-2H3. The van der Waals surface area contributed by atoms with Gasteiger partial charge in [0.2, 0.25) is 6.35 Å². The maximum Gasteiger partial charge on any atom is 0.227 e. The van der Waals surface area contributed by atoms with Crippen LogP contribution in [0.4, 0.5) is 4.39 Å². The summed E-state index contributed by atoms with van der Waals surface area (Å²) in [5.74, 6) is 0.650. The lowest BCUT2D eigenvalue weighted by Crippen LogP contribution is -2.39. The van der Waals surface area contributed by atoms with Gasteiger partial charge in [-0.05, 0) is 24.6 Å². The van der Waals surface area contributed by atoms with E-state index in [9.17, 15) is 4.39 Å². The quantitative estimate of drug-likeness (QED) is 0.835. The molecule has 1 heterocycles. The molecule has 0 aliphatic carbocycles. The molecule has 2 rings (SSSR count). The van der Waals surface area contributed by atoms with Gasteiger partial charge in [-0.1, -0.05) is 12.1 Å². The van der Waals surface area contributed by atoms with Crippen molar-refractivity contribution in [1.82, 2.24) is 10.6 Å². The summed E-state index contributed by atoms with van der Waals surface area (Å²) in [6.45, 7) is 2.86. The van der Waals surface area contributed by atoms with Crippen LogP contribution in [0.25, 0.3) is 0 Å². The van der Waals surface area contributed by atoms with Gasteiger partial charge in [-0.15, -0.1) is 0 Å². The third kappa shape index (κ3) is 3.71. The molecule has 0 fully saturated rings. The molecular weight excluding hydrogens is 261 g/mol. The van der Waals surface area contributed by atoms with Crippen LogP contribution < -0.4 is 15.4 Å². The first kappa shape index (κ1) is 14.3. The van der Waals surface area contributed by atoms with Gasteiger partial charge in [0.15, 0.2) is 5.83 Å². The highest BCUT2D eigenvalue weighted by Gasteiger charge is 2.16. The minimum Gasteiger partial charge on any atom is -0.497 e. The van der Waals surface area contributed by atoms with Crippen LogP contribution >= 0.6 is 0 Å². The summed E-state index contributed by atoms with van der Waals surface area (Å²) in [5, 5.41) is 5.73. The van der Waals surface area contributed by atoms with Gasteiger partial charge >= 0.3 is 0 Å². The van der Waals surface area contributed by atoms with Crippen molar-refractivity contribution in [1.29, 1.82) is 0 Å². The van der Waals surface area contributed by atoms with Crippen molar-refractivity contribution in [3.8, 4) is 5.75 Å². The van der Waals surface area contributed by atoms with Crippen molar-refractivity contribution in [2.45, 2.75) is 19.9 Å². The smallest absolute Gasteiger partial charge is 0.227 e. The molecule has 1 aromatic rings. The van der Waals surface area contributed by atoms with Crippen LogP contribution in [0.15, 0.2) is 40.9 Å². The van der Waals surface area contributed by atoms with Crippen LogP contribution in [-0.2, 0) is 11.3 Å². The molecule has 1 aliphatic rings. The monoisotopic (exact) mass is 279 g/mol. The van der Waals surface area contributed by atoms with Gasteiger partial charge in [0.1, 0.15) is 11.6 Å². The number of allylic oxidation sites excluding steroid dienone is 1. The molecule has 0 saturated carbocycles. The third-order valence-corrected chi connectivity index (χ3v) is 2.73. The molecule has 0 aromatic heterocycles. The molecule has 2 N–H and O–H groups in total. The van der Waals surface area contributed by atoms with E-state index in [0.717, 1.165) is 17.5 Å². The highest BCUT2D eigenvalue weighted by Crippen LogP contribution is 2.15. The van der Waals surface area contributed by atoms with Crippen molar-refractivity contribution in [2.75, 3.05) is 13.7 Å². The first-order chi connectivity index (χ1) is 9.72. The van der Waals surface area contributed by atoms with Crippen molar-refractivity contribution < 1.29 is 13.9 Å². The van der Waals surface area contributed by atoms with Crippen LogP contribution in [0.5, 0.6) is 5.75 Å². The fourth-order valence-electron chi connectivity index (χ4n) is 1.76. The summed E-state index contributed by atoms with van der Waals surface area (Å²) < 4.78 is 24.1. The first-order valence-electron chi connectivity index (χ1n) is 6.41. The van der Waals surface area contributed by atoms with Crippen LogP contribution in [0.2, 0.25) is 0 Å². The Labute approximate surface area is 117 Å². The average Bonchev–Trinajstić information content (AvgIpc) is 2.48. The Kier molecular flexibility index (Phi) is 4.95. The van der Waals surface area contributed by atoms with Gasteiger partial charge in [-0.3, -0.25) is 0 Å². The number of hydrogen-bond acceptors (Lipinski definition) is 5. The number of aliphatic imine (C=N–C) groups is 1. The summed E-state index contributed by atoms with van der Waals surface area (Å²) in [5.41, 5.74) is 0.960. The maximum absolute atomic E-state index is 13.4. The highest BCUT2D eigenvalue weighted by atomic mass is 19.1. The Morgan fingerprint density at radius 2 is 2.30 bits per heavy atom. The molecule has 0 bridgehead atoms. The Morgan fingerprint density at radius 1 is 1.45 bits per heavy atom. The van der Waals surface area contributed by atoms with Gasteiger partial charge in [-0.2, -0.15) is 0 Å². The summed E-state index contributed by atoms with van der Waals surface area (Å²) in [4.78, 5) is 3.94. The normalized spacial score (nSPS) is 17.9. The minimum atomic E-state index is -0.602. The SMILES string of the molecule is CCNC1=C(F)C=NC(OCc2cccc(OC)c2)N1. The molecule has 1 atom stereocenters. The fourth-order valence-corrected chi connectivity index (χ4v) is 1.76. The molecule has 5 nitrogen and oxygen atoms in total. The molecule has 1 aromatic carbocycles. The van der Waals surface area contributed by atoms with Crippen molar-refractivity contribution in [3.05, 3.63) is 41.5 Å². The molecular formula is C14H18FN3O2. The molecule has 0 spiro atoms. The predicted octanol–water partition coefficient (Wildman–Crippen LogP) is 1.92. The maximum atomic E-state index is 13.4. The van der Waals surface area contributed by atoms with Crippen LogP contribution in [0, 0.1) is 0 Å². The van der Waals surface area contributed by atoms with E-state index >= 15 is 0 Å². The Hall–Kier alpha value is -2.08. The van der Waals surface area contributed by atoms with E-state index in [1.54, 1.807) is 7.11 Å². The minimum absolute atomic E-state index is 0.304. The van der Waals surface area contributed by atoms with Crippen LogP contribution in [0.3, 0.4) is 0 Å². The van der Waals surface area contributed by atoms with E-state index in [4.69, 9.17) is 9.47 Å². The number of ether oxygens (including phenoxy) is 2. The summed E-state index contributed by atoms with van der Waals surface area (Å²) in [6.07, 6.45) is 0.555. The van der Waals surface area contributed by atoms with E-state index in [1.807, 2.05) is 31.2 Å². The average molecular weight is 279 g/mol. The second kappa shape index (κ2) is 6.91. The molecule has 20 heavy (non-hydrogen) atoms. The van der Waals surface area contributed by atoms with Gasteiger partial charge < -0.3 is 20.1 Å². The lowest BCUT2D eigenvalue weighted by atomic mass is 10.2. The lowest BCUT2D eigenvalue weighted by Gasteiger charge is -2.22. The van der Waals surface area contributed by atoms with E-state index < -0.39 is 12.2 Å². The predicted molar refractivity (Wildman–Crippen MR) is 75.0 cm³/mol. The van der Waals surface area contributed by atoms with Crippen LogP contribution in [0.1, 0.15) is 12.5 Å². The number of rotatable bonds is 6. The van der Waals surface area contributed by atoms with Gasteiger partial charge in [0, 0.05) is 6.54 Å². The second-order valence-corrected chi connectivity index (χ2v) is 4.19. The first-order valence-corrected chi connectivity index (χ1v) is 6.41. The third-order valence-electron chi connectivity index (χ3n) is 2.73. The zero-order chi connectivity index (χ0) is 14.4. The summed E-state index contributed by atoms with van der Waals surface area (Å²) >= 11 is 0. The van der Waals surface area contributed by atoms with E-state index in [2.05, 4.69) is 15.6 Å². The molecule has 0 amide bonds. The number of halogens is 1. The Bertz CT molecular complexity index is 517.